The van der Waals surface area contributed by atoms with Gasteiger partial charge in [0, 0.05) is 26.3 Å². The summed E-state index contributed by atoms with van der Waals surface area (Å²) in [6.07, 6.45) is 0. The molecule has 0 spiro atoms. The third kappa shape index (κ3) is 4.72. The summed E-state index contributed by atoms with van der Waals surface area (Å²) < 4.78 is 41.0. The standard InChI is InChI=1S/C22H18FN3O3S3/c1-13-11-17(14(2)31-13)20-12-30-22(24-20)25-21(27)15-7-9-16(10-8-15)32(28,29)26-19-6-4-3-5-18(19)23/h3-12,26H,1-2H3,(H,24,25,27). The summed E-state index contributed by atoms with van der Waals surface area (Å²) in [6.45, 7) is 4.06. The molecule has 0 saturated carbocycles. The Bertz CT molecular complexity index is 1390. The summed E-state index contributed by atoms with van der Waals surface area (Å²) in [6, 6.07) is 12.9. The number of nitrogens with zero attached hydrogens (tertiary/aromatic N) is 1. The Morgan fingerprint density at radius 2 is 1.78 bits per heavy atom. The van der Waals surface area contributed by atoms with Gasteiger partial charge in [-0.2, -0.15) is 0 Å². The summed E-state index contributed by atoms with van der Waals surface area (Å²) >= 11 is 3.01. The van der Waals surface area contributed by atoms with Crippen molar-refractivity contribution in [2.45, 2.75) is 18.7 Å². The van der Waals surface area contributed by atoms with Crippen molar-refractivity contribution >= 4 is 49.4 Å². The molecule has 2 N–H and O–H groups in total. The molecule has 6 nitrogen and oxygen atoms in total. The van der Waals surface area contributed by atoms with E-state index in [1.807, 2.05) is 19.2 Å². The Morgan fingerprint density at radius 3 is 2.44 bits per heavy atom. The monoisotopic (exact) mass is 487 g/mol. The molecule has 0 fully saturated rings. The van der Waals surface area contributed by atoms with Gasteiger partial charge in [0.2, 0.25) is 0 Å². The molecule has 0 bridgehead atoms. The van der Waals surface area contributed by atoms with Crippen LogP contribution in [0.5, 0.6) is 0 Å². The van der Waals surface area contributed by atoms with Crippen LogP contribution in [0.2, 0.25) is 0 Å². The number of aryl methyl sites for hydroxylation is 2. The molecule has 0 aliphatic carbocycles. The number of halogens is 1. The van der Waals surface area contributed by atoms with Gasteiger partial charge in [-0.3, -0.25) is 14.8 Å². The second-order valence-corrected chi connectivity index (χ2v) is 10.9. The average Bonchev–Trinajstić information content (AvgIpc) is 3.35. The summed E-state index contributed by atoms with van der Waals surface area (Å²) in [5.74, 6) is -1.09. The SMILES string of the molecule is Cc1cc(-c2csc(NC(=O)c3ccc(S(=O)(=O)Nc4ccccc4F)cc3)n2)c(C)s1. The molecule has 0 radical (unpaired) electrons. The molecule has 0 saturated heterocycles. The zero-order valence-electron chi connectivity index (χ0n) is 17.0. The fourth-order valence-corrected chi connectivity index (χ4v) is 5.75. The number of aromatic nitrogens is 1. The molecule has 1 amide bonds. The van der Waals surface area contributed by atoms with E-state index in [2.05, 4.69) is 21.1 Å². The van der Waals surface area contributed by atoms with Crippen LogP contribution in [0.25, 0.3) is 11.3 Å². The first kappa shape index (κ1) is 22.1. The first-order valence-electron chi connectivity index (χ1n) is 9.44. The van der Waals surface area contributed by atoms with Crippen LogP contribution >= 0.6 is 22.7 Å². The lowest BCUT2D eigenvalue weighted by molar-refractivity contribution is 0.102. The molecule has 2 aromatic carbocycles. The molecule has 32 heavy (non-hydrogen) atoms. The maximum atomic E-state index is 13.8. The molecule has 0 atom stereocenters. The van der Waals surface area contributed by atoms with Gasteiger partial charge in [-0.25, -0.2) is 17.8 Å². The van der Waals surface area contributed by atoms with E-state index in [0.29, 0.717) is 5.13 Å². The fourth-order valence-electron chi connectivity index (χ4n) is 3.04. The Morgan fingerprint density at radius 1 is 1.06 bits per heavy atom. The van der Waals surface area contributed by atoms with E-state index in [-0.39, 0.29) is 16.1 Å². The second kappa shape index (κ2) is 8.81. The van der Waals surface area contributed by atoms with E-state index in [9.17, 15) is 17.6 Å². The fraction of sp³-hybridized carbons (Fsp3) is 0.0909. The summed E-state index contributed by atoms with van der Waals surface area (Å²) in [5, 5.41) is 5.07. The largest absolute Gasteiger partial charge is 0.298 e. The number of amides is 1. The number of rotatable bonds is 6. The molecule has 10 heteroatoms. The van der Waals surface area contributed by atoms with Gasteiger partial charge in [-0.15, -0.1) is 22.7 Å². The summed E-state index contributed by atoms with van der Waals surface area (Å²) in [5.41, 5.74) is 1.97. The number of hydrogen-bond acceptors (Lipinski definition) is 6. The molecule has 0 aliphatic rings. The van der Waals surface area contributed by atoms with Gasteiger partial charge in [0.25, 0.3) is 15.9 Å². The van der Waals surface area contributed by atoms with Crippen molar-refractivity contribution in [3.05, 3.63) is 81.1 Å². The third-order valence-corrected chi connectivity index (χ3v) is 7.69. The van der Waals surface area contributed by atoms with E-state index >= 15 is 0 Å². The average molecular weight is 488 g/mol. The number of thiophene rings is 1. The predicted octanol–water partition coefficient (Wildman–Crippen LogP) is 5.68. The van der Waals surface area contributed by atoms with Gasteiger partial charge in [0.15, 0.2) is 5.13 Å². The Hall–Kier alpha value is -3.08. The van der Waals surface area contributed by atoms with E-state index in [4.69, 9.17) is 0 Å². The van der Waals surface area contributed by atoms with Crippen molar-refractivity contribution in [1.82, 2.24) is 4.98 Å². The highest BCUT2D eigenvalue weighted by Gasteiger charge is 2.18. The molecule has 2 aromatic heterocycles. The van der Waals surface area contributed by atoms with Crippen LogP contribution in [0.1, 0.15) is 20.1 Å². The zero-order chi connectivity index (χ0) is 22.9. The van der Waals surface area contributed by atoms with E-state index < -0.39 is 21.7 Å². The minimum Gasteiger partial charge on any atom is -0.298 e. The molecular weight excluding hydrogens is 469 g/mol. The lowest BCUT2D eigenvalue weighted by Crippen LogP contribution is -2.15. The van der Waals surface area contributed by atoms with Crippen LogP contribution < -0.4 is 10.0 Å². The van der Waals surface area contributed by atoms with Crippen LogP contribution in [0.15, 0.2) is 64.9 Å². The smallest absolute Gasteiger partial charge is 0.261 e. The molecule has 164 valence electrons. The topological polar surface area (TPSA) is 88.2 Å². The zero-order valence-corrected chi connectivity index (χ0v) is 19.5. The first-order chi connectivity index (χ1) is 15.2. The highest BCUT2D eigenvalue weighted by molar-refractivity contribution is 7.92. The summed E-state index contributed by atoms with van der Waals surface area (Å²) in [4.78, 5) is 19.3. The van der Waals surface area contributed by atoms with Gasteiger partial charge in [0.05, 0.1) is 16.3 Å². The number of carbonyl (C=O) groups is 1. The number of nitrogens with one attached hydrogen (secondary N) is 2. The first-order valence-corrected chi connectivity index (χ1v) is 12.6. The number of benzene rings is 2. The van der Waals surface area contributed by atoms with Gasteiger partial charge < -0.3 is 0 Å². The molecular formula is C22H18FN3O3S3. The van der Waals surface area contributed by atoms with E-state index in [1.54, 1.807) is 11.3 Å². The Kier molecular flexibility index (Phi) is 6.09. The van der Waals surface area contributed by atoms with Crippen molar-refractivity contribution in [2.75, 3.05) is 10.0 Å². The third-order valence-electron chi connectivity index (χ3n) is 4.59. The van der Waals surface area contributed by atoms with Crippen molar-refractivity contribution in [3.8, 4) is 11.3 Å². The van der Waals surface area contributed by atoms with Crippen molar-refractivity contribution in [2.24, 2.45) is 0 Å². The van der Waals surface area contributed by atoms with Crippen LogP contribution in [-0.2, 0) is 10.0 Å². The number of para-hydroxylation sites is 1. The number of hydrogen-bond donors (Lipinski definition) is 2. The van der Waals surface area contributed by atoms with Gasteiger partial charge in [-0.1, -0.05) is 12.1 Å². The Labute approximate surface area is 192 Å². The predicted molar refractivity (Wildman–Crippen MR) is 127 cm³/mol. The van der Waals surface area contributed by atoms with Gasteiger partial charge in [-0.05, 0) is 56.3 Å². The number of thiazole rings is 1. The molecule has 2 heterocycles. The Balaban J connectivity index is 1.47. The van der Waals surface area contributed by atoms with Gasteiger partial charge >= 0.3 is 0 Å². The lowest BCUT2D eigenvalue weighted by atomic mass is 10.2. The molecule has 0 aliphatic heterocycles. The van der Waals surface area contributed by atoms with Crippen LogP contribution in [0, 0.1) is 19.7 Å². The van der Waals surface area contributed by atoms with Crippen LogP contribution in [-0.4, -0.2) is 19.3 Å². The molecule has 4 aromatic rings. The highest BCUT2D eigenvalue weighted by atomic mass is 32.2. The van der Waals surface area contributed by atoms with Crippen molar-refractivity contribution < 1.29 is 17.6 Å². The maximum Gasteiger partial charge on any atom is 0.261 e. The van der Waals surface area contributed by atoms with Crippen molar-refractivity contribution in [1.29, 1.82) is 0 Å². The summed E-state index contributed by atoms with van der Waals surface area (Å²) in [7, 11) is -4.00. The number of carbonyl (C=O) groups excluding carboxylic acids is 1. The number of sulfonamides is 1. The highest BCUT2D eigenvalue weighted by Crippen LogP contribution is 2.32. The van der Waals surface area contributed by atoms with Gasteiger partial charge in [0.1, 0.15) is 5.82 Å². The minimum absolute atomic E-state index is 0.0860. The quantitative estimate of drug-likeness (QED) is 0.366. The second-order valence-electron chi connectivity index (χ2n) is 6.93. The minimum atomic E-state index is -4.00. The van der Waals surface area contributed by atoms with E-state index in [1.165, 1.54) is 58.7 Å². The normalized spacial score (nSPS) is 11.3. The number of anilines is 2. The molecule has 4 rings (SSSR count). The lowest BCUT2D eigenvalue weighted by Gasteiger charge is -2.09. The maximum absolute atomic E-state index is 13.8. The van der Waals surface area contributed by atoms with E-state index in [0.717, 1.165) is 22.2 Å². The van der Waals surface area contributed by atoms with Crippen LogP contribution in [0.4, 0.5) is 15.2 Å². The van der Waals surface area contributed by atoms with Crippen LogP contribution in [0.3, 0.4) is 0 Å². The van der Waals surface area contributed by atoms with Crippen molar-refractivity contribution in [3.63, 3.8) is 0 Å². The molecule has 0 unspecified atom stereocenters.